The summed E-state index contributed by atoms with van der Waals surface area (Å²) in [6.45, 7) is 2.06. The number of aliphatic carboxylic acids is 1. The molecule has 0 heterocycles. The second kappa shape index (κ2) is 18.2. The molecule has 0 saturated heterocycles. The fraction of sp³-hybridized carbons (Fsp3) is 0.591. The Morgan fingerprint density at radius 2 is 1.42 bits per heavy atom. The molecule has 0 spiro atoms. The maximum Gasteiger partial charge on any atom is 0.0758 e. The van der Waals surface area contributed by atoms with Crippen molar-refractivity contribution in [2.75, 3.05) is 0 Å². The Kier molecular flexibility index (Phi) is 17.0. The van der Waals surface area contributed by atoms with Crippen molar-refractivity contribution in [3.05, 3.63) is 48.6 Å². The lowest BCUT2D eigenvalue weighted by molar-refractivity contribution is -0.305. The molecule has 148 valence electrons. The monoisotopic (exact) mass is 363 g/mol. The molecular weight excluding hydrogens is 328 g/mol. The molecule has 0 aliphatic carbocycles. The summed E-state index contributed by atoms with van der Waals surface area (Å²) in [5.41, 5.74) is 0. The summed E-state index contributed by atoms with van der Waals surface area (Å²) in [5.74, 6) is -0.968. The van der Waals surface area contributed by atoms with E-state index in [0.29, 0.717) is 12.8 Å². The molecule has 26 heavy (non-hydrogen) atoms. The Bertz CT molecular complexity index is 449. The van der Waals surface area contributed by atoms with Crippen LogP contribution in [0.4, 0.5) is 0 Å². The lowest BCUT2D eigenvalue weighted by Crippen LogP contribution is -2.21. The first-order chi connectivity index (χ1) is 12.6. The molecule has 4 heteroatoms. The molecule has 0 unspecified atom stereocenters. The van der Waals surface area contributed by atoms with Crippen LogP contribution in [0.15, 0.2) is 48.6 Å². The molecule has 0 radical (unpaired) electrons. The minimum Gasteiger partial charge on any atom is -0.550 e. The van der Waals surface area contributed by atoms with Crippen molar-refractivity contribution in [2.24, 2.45) is 0 Å². The van der Waals surface area contributed by atoms with Crippen molar-refractivity contribution in [3.8, 4) is 0 Å². The van der Waals surface area contributed by atoms with Crippen molar-refractivity contribution in [1.82, 2.24) is 0 Å². The lowest BCUT2D eigenvalue weighted by atomic mass is 10.1. The predicted molar refractivity (Wildman–Crippen MR) is 105 cm³/mol. The minimum absolute atomic E-state index is 0.154. The summed E-state index contributed by atoms with van der Waals surface area (Å²) >= 11 is 0. The Hall–Kier alpha value is -1.65. The second-order valence-electron chi connectivity index (χ2n) is 6.44. The molecule has 0 rings (SSSR count). The van der Waals surface area contributed by atoms with Gasteiger partial charge in [0.25, 0.3) is 0 Å². The van der Waals surface area contributed by atoms with Crippen molar-refractivity contribution >= 4 is 5.97 Å². The van der Waals surface area contributed by atoms with Crippen LogP contribution in [0.5, 0.6) is 0 Å². The maximum absolute atomic E-state index is 10.3. The third-order valence-electron chi connectivity index (χ3n) is 3.91. The van der Waals surface area contributed by atoms with Gasteiger partial charge in [0.05, 0.1) is 12.2 Å². The highest BCUT2D eigenvalue weighted by atomic mass is 16.4. The van der Waals surface area contributed by atoms with Crippen LogP contribution in [-0.2, 0) is 4.79 Å². The van der Waals surface area contributed by atoms with E-state index in [-0.39, 0.29) is 6.42 Å². The minimum atomic E-state index is -0.968. The van der Waals surface area contributed by atoms with Gasteiger partial charge in [0, 0.05) is 5.97 Å². The highest BCUT2D eigenvalue weighted by Gasteiger charge is 1.98. The molecule has 2 N–H and O–H groups in total. The smallest absolute Gasteiger partial charge is 0.0758 e. The van der Waals surface area contributed by atoms with Gasteiger partial charge in [0.2, 0.25) is 0 Å². The van der Waals surface area contributed by atoms with E-state index in [1.165, 1.54) is 0 Å². The van der Waals surface area contributed by atoms with Crippen LogP contribution in [0.25, 0.3) is 0 Å². The van der Waals surface area contributed by atoms with Gasteiger partial charge in [-0.25, -0.2) is 0 Å². The van der Waals surface area contributed by atoms with Crippen LogP contribution in [0.3, 0.4) is 0 Å². The van der Waals surface area contributed by atoms with Crippen LogP contribution < -0.4 is 5.11 Å². The van der Waals surface area contributed by atoms with Gasteiger partial charge in [0.1, 0.15) is 0 Å². The summed E-state index contributed by atoms with van der Waals surface area (Å²) in [6, 6.07) is 0. The van der Waals surface area contributed by atoms with E-state index in [1.54, 1.807) is 12.2 Å². The van der Waals surface area contributed by atoms with Gasteiger partial charge in [-0.05, 0) is 32.1 Å². The molecule has 0 aromatic carbocycles. The van der Waals surface area contributed by atoms with Crippen molar-refractivity contribution in [2.45, 2.75) is 83.3 Å². The maximum atomic E-state index is 10.3. The number of allylic oxidation sites excluding steroid dienone is 5. The van der Waals surface area contributed by atoms with Gasteiger partial charge < -0.3 is 20.1 Å². The van der Waals surface area contributed by atoms with E-state index < -0.39 is 18.2 Å². The molecule has 0 amide bonds. The molecule has 4 nitrogen and oxygen atoms in total. The summed E-state index contributed by atoms with van der Waals surface area (Å²) in [6.07, 6.45) is 22.2. The number of carboxylic acid groups (broad SMARTS) is 1. The number of unbranched alkanes of at least 4 members (excludes halogenated alkanes) is 5. The Labute approximate surface area is 158 Å². The third kappa shape index (κ3) is 18.7. The quantitative estimate of drug-likeness (QED) is 0.249. The van der Waals surface area contributed by atoms with Gasteiger partial charge in [-0.1, -0.05) is 87.6 Å². The van der Waals surface area contributed by atoms with Crippen LogP contribution >= 0.6 is 0 Å². The summed E-state index contributed by atoms with van der Waals surface area (Å²) in [7, 11) is 0. The van der Waals surface area contributed by atoms with E-state index in [1.807, 2.05) is 36.5 Å². The first-order valence-electron chi connectivity index (χ1n) is 9.78. The SMILES string of the molecule is CC/C=C\C[C@H](O)/C=C/C=C\C=C\[C@@H](O)CCCCCCCCC(=O)[O-]. The molecular formula is C22H35O4-. The highest BCUT2D eigenvalue weighted by molar-refractivity contribution is 5.64. The van der Waals surface area contributed by atoms with Gasteiger partial charge in [0.15, 0.2) is 0 Å². The Balaban J connectivity index is 3.65. The molecule has 0 saturated carbocycles. The van der Waals surface area contributed by atoms with Crippen LogP contribution in [0.2, 0.25) is 0 Å². The zero-order chi connectivity index (χ0) is 19.5. The lowest BCUT2D eigenvalue weighted by Gasteiger charge is -2.05. The standard InChI is InChI=1S/C22H36O4/c1-2-3-10-15-20(23)17-12-8-9-13-18-21(24)16-11-6-4-5-7-14-19-22(25)26/h3,8-10,12-13,17-18,20-21,23-24H,2,4-7,11,14-16,19H2,1H3,(H,25,26)/p-1/b9-8-,10-3-,17-12+,18-13+/t20-,21-/m0/s1. The highest BCUT2D eigenvalue weighted by Crippen LogP contribution is 2.10. The number of carbonyl (C=O) groups excluding carboxylic acids is 1. The average molecular weight is 364 g/mol. The van der Waals surface area contributed by atoms with Crippen molar-refractivity contribution in [3.63, 3.8) is 0 Å². The van der Waals surface area contributed by atoms with E-state index in [9.17, 15) is 20.1 Å². The normalized spacial score (nSPS) is 14.9. The van der Waals surface area contributed by atoms with Gasteiger partial charge >= 0.3 is 0 Å². The number of hydrogen-bond donors (Lipinski definition) is 2. The van der Waals surface area contributed by atoms with Crippen molar-refractivity contribution < 1.29 is 20.1 Å². The zero-order valence-corrected chi connectivity index (χ0v) is 16.1. The number of carbonyl (C=O) groups is 1. The van der Waals surface area contributed by atoms with E-state index >= 15 is 0 Å². The largest absolute Gasteiger partial charge is 0.550 e. The Morgan fingerprint density at radius 3 is 2.04 bits per heavy atom. The number of carboxylic acids is 1. The second-order valence-corrected chi connectivity index (χ2v) is 6.44. The summed E-state index contributed by atoms with van der Waals surface area (Å²) in [4.78, 5) is 10.3. The van der Waals surface area contributed by atoms with Gasteiger partial charge in [-0.2, -0.15) is 0 Å². The number of hydrogen-bond acceptors (Lipinski definition) is 4. The van der Waals surface area contributed by atoms with Gasteiger partial charge in [-0.3, -0.25) is 0 Å². The number of aliphatic hydroxyl groups is 2. The summed E-state index contributed by atoms with van der Waals surface area (Å²) in [5, 5.41) is 29.8. The van der Waals surface area contributed by atoms with E-state index in [2.05, 4.69) is 6.92 Å². The van der Waals surface area contributed by atoms with E-state index in [0.717, 1.165) is 44.9 Å². The molecule has 0 fully saturated rings. The molecule has 0 aliphatic rings. The molecule has 0 aromatic rings. The first-order valence-corrected chi connectivity index (χ1v) is 9.78. The number of rotatable bonds is 16. The molecule has 0 bridgehead atoms. The third-order valence-corrected chi connectivity index (χ3v) is 3.91. The summed E-state index contributed by atoms with van der Waals surface area (Å²) < 4.78 is 0. The van der Waals surface area contributed by atoms with Crippen LogP contribution in [0, 0.1) is 0 Å². The zero-order valence-electron chi connectivity index (χ0n) is 16.1. The van der Waals surface area contributed by atoms with Gasteiger partial charge in [-0.15, -0.1) is 0 Å². The molecule has 0 aromatic heterocycles. The first kappa shape index (κ1) is 24.4. The molecule has 0 aliphatic heterocycles. The fourth-order valence-corrected chi connectivity index (χ4v) is 2.42. The Morgan fingerprint density at radius 1 is 0.846 bits per heavy atom. The predicted octanol–water partition coefficient (Wildman–Crippen LogP) is 3.60. The topological polar surface area (TPSA) is 80.6 Å². The number of aliphatic hydroxyl groups excluding tert-OH is 2. The molecule has 2 atom stereocenters. The van der Waals surface area contributed by atoms with Crippen molar-refractivity contribution in [1.29, 1.82) is 0 Å². The van der Waals surface area contributed by atoms with Crippen LogP contribution in [0.1, 0.15) is 71.1 Å². The van der Waals surface area contributed by atoms with Crippen LogP contribution in [-0.4, -0.2) is 28.4 Å². The fourth-order valence-electron chi connectivity index (χ4n) is 2.42. The van der Waals surface area contributed by atoms with E-state index in [4.69, 9.17) is 0 Å². The average Bonchev–Trinajstić information content (AvgIpc) is 2.60.